The maximum Gasteiger partial charge on any atom is 0.277 e. The molecule has 0 unspecified atom stereocenters. The molecule has 0 aliphatic carbocycles. The number of aromatic nitrogens is 4. The van der Waals surface area contributed by atoms with Crippen LogP contribution < -0.4 is 15.6 Å². The van der Waals surface area contributed by atoms with Gasteiger partial charge < -0.3 is 15.2 Å². The molecule has 3 rings (SSSR count). The number of ether oxygens (including phenoxy) is 1. The number of anilines is 2. The Kier molecular flexibility index (Phi) is 6.41. The fourth-order valence-corrected chi connectivity index (χ4v) is 2.14. The van der Waals surface area contributed by atoms with Gasteiger partial charge >= 0.3 is 0 Å². The van der Waals surface area contributed by atoms with Crippen LogP contribution in [0.2, 0.25) is 0 Å². The molecule has 8 nitrogen and oxygen atoms in total. The van der Waals surface area contributed by atoms with Crippen LogP contribution in [0.5, 0.6) is 5.75 Å². The number of fused-ring (bicyclic) bond motifs is 1. The summed E-state index contributed by atoms with van der Waals surface area (Å²) in [5.74, 6) is 1.60. The van der Waals surface area contributed by atoms with Crippen LogP contribution in [-0.2, 0) is 0 Å². The monoisotopic (exact) mass is 343 g/mol. The third kappa shape index (κ3) is 4.51. The third-order valence-electron chi connectivity index (χ3n) is 3.11. The molecular weight excluding hydrogens is 322 g/mol. The number of aliphatic hydroxyl groups is 1. The molecule has 0 atom stereocenters. The lowest BCUT2D eigenvalue weighted by molar-refractivity contribution is 0.201. The van der Waals surface area contributed by atoms with Gasteiger partial charge in [0.05, 0.1) is 12.8 Å². The summed E-state index contributed by atoms with van der Waals surface area (Å²) in [6.45, 7) is 5.95. The van der Waals surface area contributed by atoms with E-state index in [-0.39, 0.29) is 18.8 Å². The Morgan fingerprint density at radius 2 is 1.92 bits per heavy atom. The van der Waals surface area contributed by atoms with Gasteiger partial charge in [0.15, 0.2) is 0 Å². The van der Waals surface area contributed by atoms with Crippen molar-refractivity contribution in [2.75, 3.05) is 18.5 Å². The van der Waals surface area contributed by atoms with Crippen LogP contribution in [0.1, 0.15) is 19.7 Å². The zero-order chi connectivity index (χ0) is 18.2. The van der Waals surface area contributed by atoms with Gasteiger partial charge in [0, 0.05) is 5.69 Å². The first kappa shape index (κ1) is 18.3. The summed E-state index contributed by atoms with van der Waals surface area (Å²) in [6.07, 6.45) is 1.49. The number of aromatic amines is 1. The number of hydrogen-bond donors (Lipinski definition) is 3. The van der Waals surface area contributed by atoms with Crippen LogP contribution in [0.25, 0.3) is 10.9 Å². The molecular formula is C17H21N5O3. The molecule has 3 aromatic rings. The van der Waals surface area contributed by atoms with Crippen molar-refractivity contribution in [3.05, 3.63) is 46.6 Å². The molecule has 3 N–H and O–H groups in total. The van der Waals surface area contributed by atoms with Gasteiger partial charge in [-0.05, 0) is 31.2 Å². The number of H-pyrrole nitrogens is 1. The van der Waals surface area contributed by atoms with Gasteiger partial charge in [-0.2, -0.15) is 5.10 Å². The molecule has 0 radical (unpaired) electrons. The molecule has 132 valence electrons. The second-order valence-corrected chi connectivity index (χ2v) is 4.80. The van der Waals surface area contributed by atoms with Crippen LogP contribution in [0.3, 0.4) is 0 Å². The summed E-state index contributed by atoms with van der Waals surface area (Å²) >= 11 is 0. The molecule has 2 heterocycles. The smallest absolute Gasteiger partial charge is 0.277 e. The molecule has 0 saturated carbocycles. The van der Waals surface area contributed by atoms with Crippen LogP contribution in [0.4, 0.5) is 11.5 Å². The van der Waals surface area contributed by atoms with E-state index in [1.165, 1.54) is 6.20 Å². The standard InChI is InChI=1S/C15H15N5O3.C2H6/c1-9-17-12-8-16-20-15(22)13(12)14(18-9)19-10-2-4-11(5-3-10)23-7-6-21;1-2/h2-5,8,21H,6-7H2,1H3,(H,20,22)(H,17,18,19);1-2H3. The molecule has 2 aromatic heterocycles. The lowest BCUT2D eigenvalue weighted by Crippen LogP contribution is -2.12. The fraction of sp³-hybridized carbons (Fsp3) is 0.294. The highest BCUT2D eigenvalue weighted by Gasteiger charge is 2.10. The number of aliphatic hydroxyl groups excluding tert-OH is 1. The fourth-order valence-electron chi connectivity index (χ4n) is 2.14. The Morgan fingerprint density at radius 3 is 2.60 bits per heavy atom. The first-order chi connectivity index (χ1) is 12.2. The van der Waals surface area contributed by atoms with Gasteiger partial charge in [-0.3, -0.25) is 4.79 Å². The van der Waals surface area contributed by atoms with E-state index >= 15 is 0 Å². The number of aryl methyl sites for hydroxylation is 1. The molecule has 1 aromatic carbocycles. The molecule has 25 heavy (non-hydrogen) atoms. The molecule has 0 amide bonds. The van der Waals surface area contributed by atoms with E-state index in [1.807, 2.05) is 13.8 Å². The van der Waals surface area contributed by atoms with Gasteiger partial charge in [-0.15, -0.1) is 0 Å². The highest BCUT2D eigenvalue weighted by atomic mass is 16.5. The Labute approximate surface area is 144 Å². The van der Waals surface area contributed by atoms with Crippen molar-refractivity contribution in [3.8, 4) is 5.75 Å². The first-order valence-corrected chi connectivity index (χ1v) is 8.00. The largest absolute Gasteiger partial charge is 0.491 e. The Hall–Kier alpha value is -3.00. The molecule has 0 fully saturated rings. The highest BCUT2D eigenvalue weighted by molar-refractivity contribution is 5.89. The highest BCUT2D eigenvalue weighted by Crippen LogP contribution is 2.22. The van der Waals surface area contributed by atoms with Crippen LogP contribution in [-0.4, -0.2) is 38.5 Å². The van der Waals surface area contributed by atoms with Crippen molar-refractivity contribution >= 4 is 22.4 Å². The molecule has 8 heteroatoms. The lowest BCUT2D eigenvalue weighted by Gasteiger charge is -2.10. The maximum atomic E-state index is 12.0. The quantitative estimate of drug-likeness (QED) is 0.650. The summed E-state index contributed by atoms with van der Waals surface area (Å²) in [4.78, 5) is 20.5. The summed E-state index contributed by atoms with van der Waals surface area (Å²) in [5.41, 5.74) is 0.872. The van der Waals surface area contributed by atoms with Gasteiger partial charge in [0.2, 0.25) is 0 Å². The third-order valence-corrected chi connectivity index (χ3v) is 3.11. The Bertz CT molecular complexity index is 878. The van der Waals surface area contributed by atoms with E-state index in [0.717, 1.165) is 5.69 Å². The minimum absolute atomic E-state index is 0.0387. The first-order valence-electron chi connectivity index (χ1n) is 8.00. The predicted octanol–water partition coefficient (Wildman–Crippen LogP) is 2.16. The molecule has 0 saturated heterocycles. The van der Waals surface area contributed by atoms with E-state index in [2.05, 4.69) is 25.5 Å². The second-order valence-electron chi connectivity index (χ2n) is 4.80. The minimum Gasteiger partial charge on any atom is -0.491 e. The summed E-state index contributed by atoms with van der Waals surface area (Å²) in [7, 11) is 0. The number of benzene rings is 1. The van der Waals surface area contributed by atoms with Gasteiger partial charge in [-0.25, -0.2) is 15.1 Å². The zero-order valence-electron chi connectivity index (χ0n) is 14.4. The zero-order valence-corrected chi connectivity index (χ0v) is 14.4. The Morgan fingerprint density at radius 1 is 1.20 bits per heavy atom. The van der Waals surface area contributed by atoms with E-state index < -0.39 is 0 Å². The van der Waals surface area contributed by atoms with E-state index in [1.54, 1.807) is 31.2 Å². The van der Waals surface area contributed by atoms with Gasteiger partial charge in [-0.1, -0.05) is 13.8 Å². The van der Waals surface area contributed by atoms with E-state index in [4.69, 9.17) is 9.84 Å². The van der Waals surface area contributed by atoms with E-state index in [9.17, 15) is 4.79 Å². The minimum atomic E-state index is -0.354. The topological polar surface area (TPSA) is 113 Å². The van der Waals surface area contributed by atoms with Gasteiger partial charge in [0.1, 0.15) is 34.9 Å². The molecule has 0 aliphatic rings. The van der Waals surface area contributed by atoms with Crippen LogP contribution in [0, 0.1) is 6.92 Å². The average Bonchev–Trinajstić information content (AvgIpc) is 2.62. The predicted molar refractivity (Wildman–Crippen MR) is 96.3 cm³/mol. The SMILES string of the molecule is CC.Cc1nc(Nc2ccc(OCCO)cc2)c2c(=O)[nH]ncc2n1. The summed E-state index contributed by atoms with van der Waals surface area (Å²) in [6, 6.07) is 7.12. The van der Waals surface area contributed by atoms with Crippen molar-refractivity contribution in [1.29, 1.82) is 0 Å². The van der Waals surface area contributed by atoms with Crippen LogP contribution in [0.15, 0.2) is 35.3 Å². The van der Waals surface area contributed by atoms with E-state index in [0.29, 0.717) is 28.3 Å². The maximum absolute atomic E-state index is 12.0. The van der Waals surface area contributed by atoms with Crippen LogP contribution >= 0.6 is 0 Å². The number of nitrogens with zero attached hydrogens (tertiary/aromatic N) is 3. The lowest BCUT2D eigenvalue weighted by atomic mass is 10.2. The van der Waals surface area contributed by atoms with Crippen molar-refractivity contribution in [2.45, 2.75) is 20.8 Å². The molecule has 0 spiro atoms. The average molecular weight is 343 g/mol. The Balaban J connectivity index is 0.00000109. The normalized spacial score (nSPS) is 10.1. The summed E-state index contributed by atoms with van der Waals surface area (Å²) < 4.78 is 5.30. The van der Waals surface area contributed by atoms with Crippen molar-refractivity contribution in [1.82, 2.24) is 20.2 Å². The van der Waals surface area contributed by atoms with Gasteiger partial charge in [0.25, 0.3) is 5.56 Å². The number of nitrogens with one attached hydrogen (secondary N) is 2. The molecule has 0 aliphatic heterocycles. The summed E-state index contributed by atoms with van der Waals surface area (Å²) in [5, 5.41) is 18.3. The number of hydrogen-bond acceptors (Lipinski definition) is 7. The number of rotatable bonds is 5. The second kappa shape index (κ2) is 8.74. The van der Waals surface area contributed by atoms with Crippen molar-refractivity contribution in [3.63, 3.8) is 0 Å². The van der Waals surface area contributed by atoms with Crippen molar-refractivity contribution < 1.29 is 9.84 Å². The molecule has 0 bridgehead atoms. The van der Waals surface area contributed by atoms with Crippen molar-refractivity contribution in [2.24, 2.45) is 0 Å².